The Morgan fingerprint density at radius 2 is 2.06 bits per heavy atom. The van der Waals surface area contributed by atoms with Gasteiger partial charge >= 0.3 is 5.97 Å². The van der Waals surface area contributed by atoms with Gasteiger partial charge in [-0.3, -0.25) is 9.59 Å². The van der Waals surface area contributed by atoms with Crippen molar-refractivity contribution in [3.8, 4) is 0 Å². The summed E-state index contributed by atoms with van der Waals surface area (Å²) >= 11 is 0. The average Bonchev–Trinajstić information content (AvgIpc) is 3.01. The zero-order valence-electron chi connectivity index (χ0n) is 18.8. The van der Waals surface area contributed by atoms with Crippen molar-refractivity contribution in [1.29, 1.82) is 0 Å². The summed E-state index contributed by atoms with van der Waals surface area (Å²) in [6, 6.07) is 5.69. The maximum Gasteiger partial charge on any atom is 0.310 e. The van der Waals surface area contributed by atoms with E-state index in [-0.39, 0.29) is 29.0 Å². The van der Waals surface area contributed by atoms with Crippen molar-refractivity contribution in [2.24, 2.45) is 23.2 Å². The average molecular weight is 423 g/mol. The fourth-order valence-electron chi connectivity index (χ4n) is 7.74. The third-order valence-electron chi connectivity index (χ3n) is 9.19. The summed E-state index contributed by atoms with van der Waals surface area (Å²) in [5.74, 6) is 1.25. The van der Waals surface area contributed by atoms with Crippen molar-refractivity contribution in [2.75, 3.05) is 19.6 Å². The predicted octanol–water partition coefficient (Wildman–Crippen LogP) is 3.73. The number of likely N-dealkylation sites (tertiary alicyclic amines) is 1. The molecule has 166 valence electrons. The molecule has 3 aliphatic heterocycles. The number of pyridine rings is 1. The van der Waals surface area contributed by atoms with Gasteiger partial charge in [-0.25, -0.2) is 0 Å². The van der Waals surface area contributed by atoms with Crippen LogP contribution < -0.4 is 5.56 Å². The Bertz CT molecular complexity index is 1010. The number of fused-ring (bicyclic) bond motifs is 6. The van der Waals surface area contributed by atoms with Crippen LogP contribution >= 0.6 is 0 Å². The Balaban J connectivity index is 1.22. The van der Waals surface area contributed by atoms with Gasteiger partial charge in [-0.1, -0.05) is 24.1 Å². The van der Waals surface area contributed by atoms with Crippen molar-refractivity contribution < 1.29 is 9.53 Å². The van der Waals surface area contributed by atoms with Crippen LogP contribution in [0.15, 0.2) is 34.1 Å². The third-order valence-corrected chi connectivity index (χ3v) is 9.19. The van der Waals surface area contributed by atoms with Gasteiger partial charge in [0.05, 0.1) is 5.92 Å². The molecule has 6 atom stereocenters. The van der Waals surface area contributed by atoms with E-state index in [4.69, 9.17) is 4.74 Å². The zero-order valence-corrected chi connectivity index (χ0v) is 18.8. The standard InChI is InChI=1S/C26H34N2O3/c1-16-5-4-8-26(2)11-23-19(10-21(16)26)20(25(30)31-23)15-27-12-17-9-18(14-27)22-6-3-7-24(29)28(22)13-17/h3,6-7,17-20,23H,4-5,8-15H2,1-2H3. The summed E-state index contributed by atoms with van der Waals surface area (Å²) in [7, 11) is 0. The van der Waals surface area contributed by atoms with E-state index in [1.807, 2.05) is 10.6 Å². The lowest BCUT2D eigenvalue weighted by atomic mass is 9.59. The van der Waals surface area contributed by atoms with Crippen LogP contribution in [0.3, 0.4) is 0 Å². The van der Waals surface area contributed by atoms with Crippen LogP contribution in [0.4, 0.5) is 0 Å². The first kappa shape index (κ1) is 19.8. The van der Waals surface area contributed by atoms with Gasteiger partial charge in [0.25, 0.3) is 5.56 Å². The molecule has 0 spiro atoms. The minimum absolute atomic E-state index is 0.00595. The highest BCUT2D eigenvalue weighted by Gasteiger charge is 2.53. The number of aromatic nitrogens is 1. The molecule has 0 radical (unpaired) electrons. The van der Waals surface area contributed by atoms with Crippen molar-refractivity contribution >= 4 is 5.97 Å². The molecule has 0 N–H and O–H groups in total. The molecule has 1 saturated carbocycles. The number of piperidine rings is 1. The first-order valence-corrected chi connectivity index (χ1v) is 12.2. The quantitative estimate of drug-likeness (QED) is 0.538. The summed E-state index contributed by atoms with van der Waals surface area (Å²) in [6.07, 6.45) is 7.03. The van der Waals surface area contributed by atoms with E-state index in [0.717, 1.165) is 45.4 Å². The van der Waals surface area contributed by atoms with Crippen molar-refractivity contribution in [2.45, 2.75) is 70.9 Å². The second-order valence-corrected chi connectivity index (χ2v) is 11.2. The molecule has 3 fully saturated rings. The molecule has 1 aromatic rings. The maximum absolute atomic E-state index is 13.0. The van der Waals surface area contributed by atoms with E-state index in [2.05, 4.69) is 24.8 Å². The predicted molar refractivity (Wildman–Crippen MR) is 119 cm³/mol. The maximum atomic E-state index is 13.0. The first-order chi connectivity index (χ1) is 14.9. The van der Waals surface area contributed by atoms with Crippen molar-refractivity contribution in [1.82, 2.24) is 9.47 Å². The van der Waals surface area contributed by atoms with Gasteiger partial charge in [0.2, 0.25) is 0 Å². The highest BCUT2D eigenvalue weighted by Crippen LogP contribution is 2.55. The van der Waals surface area contributed by atoms with E-state index in [1.165, 1.54) is 25.0 Å². The molecule has 6 rings (SSSR count). The molecule has 1 aromatic heterocycles. The fraction of sp³-hybridized carbons (Fsp3) is 0.692. The Labute approximate surface area is 184 Å². The van der Waals surface area contributed by atoms with E-state index in [9.17, 15) is 9.59 Å². The molecular formula is C26H34N2O3. The van der Waals surface area contributed by atoms with Gasteiger partial charge in [-0.05, 0) is 62.8 Å². The molecule has 5 aliphatic rings. The molecule has 2 aliphatic carbocycles. The molecule has 5 heteroatoms. The summed E-state index contributed by atoms with van der Waals surface area (Å²) in [6.45, 7) is 8.26. The lowest BCUT2D eigenvalue weighted by Gasteiger charge is -2.46. The smallest absolute Gasteiger partial charge is 0.310 e. The first-order valence-electron chi connectivity index (χ1n) is 12.2. The number of nitrogens with zero attached hydrogens (tertiary/aromatic N) is 2. The van der Waals surface area contributed by atoms with Crippen LogP contribution in [0.2, 0.25) is 0 Å². The number of allylic oxidation sites excluding steroid dienone is 2. The topological polar surface area (TPSA) is 51.5 Å². The molecule has 2 saturated heterocycles. The molecule has 5 nitrogen and oxygen atoms in total. The lowest BCUT2D eigenvalue weighted by molar-refractivity contribution is -0.145. The largest absolute Gasteiger partial charge is 0.462 e. The van der Waals surface area contributed by atoms with Crippen molar-refractivity contribution in [3.63, 3.8) is 0 Å². The normalized spacial score (nSPS) is 39.5. The second kappa shape index (κ2) is 7.06. The summed E-state index contributed by atoms with van der Waals surface area (Å²) in [4.78, 5) is 27.8. The van der Waals surface area contributed by atoms with Gasteiger partial charge in [-0.15, -0.1) is 0 Å². The van der Waals surface area contributed by atoms with Crippen LogP contribution in [0.25, 0.3) is 0 Å². The number of rotatable bonds is 2. The number of hydrogen-bond donors (Lipinski definition) is 0. The zero-order chi connectivity index (χ0) is 21.3. The van der Waals surface area contributed by atoms with Gasteiger partial charge < -0.3 is 14.2 Å². The number of esters is 1. The number of carbonyl (C=O) groups excluding carboxylic acids is 1. The highest BCUT2D eigenvalue weighted by molar-refractivity contribution is 5.76. The molecular weight excluding hydrogens is 388 g/mol. The monoisotopic (exact) mass is 422 g/mol. The summed E-state index contributed by atoms with van der Waals surface area (Å²) < 4.78 is 7.98. The fourth-order valence-corrected chi connectivity index (χ4v) is 7.74. The van der Waals surface area contributed by atoms with E-state index >= 15 is 0 Å². The van der Waals surface area contributed by atoms with Gasteiger partial charge in [-0.2, -0.15) is 0 Å². The van der Waals surface area contributed by atoms with E-state index in [0.29, 0.717) is 17.8 Å². The van der Waals surface area contributed by atoms with Crippen LogP contribution in [-0.2, 0) is 16.1 Å². The van der Waals surface area contributed by atoms with Crippen LogP contribution in [-0.4, -0.2) is 41.2 Å². The Morgan fingerprint density at radius 1 is 1.19 bits per heavy atom. The van der Waals surface area contributed by atoms with E-state index in [1.54, 1.807) is 17.2 Å². The van der Waals surface area contributed by atoms with Crippen LogP contribution in [0.5, 0.6) is 0 Å². The molecule has 0 aromatic carbocycles. The Morgan fingerprint density at radius 3 is 2.94 bits per heavy atom. The number of hydrogen-bond acceptors (Lipinski definition) is 4. The minimum atomic E-state index is -0.00595. The minimum Gasteiger partial charge on any atom is -0.462 e. The third kappa shape index (κ3) is 3.14. The molecule has 4 heterocycles. The Kier molecular flexibility index (Phi) is 4.51. The SMILES string of the molecule is CC1=C2CC3C(CC2(C)CCC1)OC(=O)C3CN1CC2CC(C1)c1cccc(=O)n1C2. The van der Waals surface area contributed by atoms with Gasteiger partial charge in [0.15, 0.2) is 0 Å². The van der Waals surface area contributed by atoms with Gasteiger partial charge in [0.1, 0.15) is 6.10 Å². The number of carbonyl (C=O) groups is 1. The van der Waals surface area contributed by atoms with E-state index < -0.39 is 0 Å². The molecule has 2 bridgehead atoms. The van der Waals surface area contributed by atoms with Crippen LogP contribution in [0, 0.1) is 23.2 Å². The lowest BCUT2D eigenvalue weighted by Crippen LogP contribution is -2.49. The van der Waals surface area contributed by atoms with Gasteiger partial charge in [0, 0.05) is 49.8 Å². The highest BCUT2D eigenvalue weighted by atomic mass is 16.6. The molecule has 31 heavy (non-hydrogen) atoms. The Hall–Kier alpha value is -1.88. The molecule has 6 unspecified atom stereocenters. The van der Waals surface area contributed by atoms with Crippen molar-refractivity contribution in [3.05, 3.63) is 45.4 Å². The summed E-state index contributed by atoms with van der Waals surface area (Å²) in [5.41, 5.74) is 4.74. The van der Waals surface area contributed by atoms with Crippen LogP contribution in [0.1, 0.15) is 64.0 Å². The summed E-state index contributed by atoms with van der Waals surface area (Å²) in [5, 5.41) is 0. The number of ether oxygens (including phenoxy) is 1. The molecule has 0 amide bonds. The second-order valence-electron chi connectivity index (χ2n) is 11.2.